The maximum absolute atomic E-state index is 14.8. The zero-order valence-electron chi connectivity index (χ0n) is 20.6. The number of nitrogens with zero attached hydrogens (tertiary/aromatic N) is 4. The number of hydrogen-bond acceptors (Lipinski definition) is 4. The van der Waals surface area contributed by atoms with Gasteiger partial charge in [0.2, 0.25) is 5.95 Å². The summed E-state index contributed by atoms with van der Waals surface area (Å²) in [6.45, 7) is -0.283. The van der Waals surface area contributed by atoms with E-state index in [-0.39, 0.29) is 31.1 Å². The largest absolute Gasteiger partial charge is 0.407 e. The number of benzene rings is 2. The first-order chi connectivity index (χ1) is 18.5. The van der Waals surface area contributed by atoms with E-state index in [2.05, 4.69) is 15.3 Å². The number of amides is 2. The third-order valence-electron chi connectivity index (χ3n) is 7.14. The molecule has 4 aromatic rings. The highest BCUT2D eigenvalue weighted by Crippen LogP contribution is 2.41. The normalized spacial score (nSPS) is 18.1. The average Bonchev–Trinajstić information content (AvgIpc) is 3.58. The third-order valence-corrected chi connectivity index (χ3v) is 7.14. The predicted molar refractivity (Wildman–Crippen MR) is 137 cm³/mol. The summed E-state index contributed by atoms with van der Waals surface area (Å²) >= 11 is 0. The molecule has 0 spiro atoms. The summed E-state index contributed by atoms with van der Waals surface area (Å²) < 4.78 is 32.3. The summed E-state index contributed by atoms with van der Waals surface area (Å²) in [5.74, 6) is -1.34. The molecule has 1 aliphatic carbocycles. The molecule has 2 atom stereocenters. The van der Waals surface area contributed by atoms with Gasteiger partial charge in [0.05, 0.1) is 35.5 Å². The van der Waals surface area contributed by atoms with Gasteiger partial charge in [-0.3, -0.25) is 4.79 Å². The van der Waals surface area contributed by atoms with Gasteiger partial charge in [-0.25, -0.2) is 19.2 Å². The van der Waals surface area contributed by atoms with Crippen LogP contribution in [0.15, 0.2) is 73.1 Å². The third kappa shape index (κ3) is 4.71. The van der Waals surface area contributed by atoms with Gasteiger partial charge in [0.25, 0.3) is 5.71 Å². The average molecular weight is 515 g/mol. The summed E-state index contributed by atoms with van der Waals surface area (Å²) in [5, 5.41) is 2.89. The van der Waals surface area contributed by atoms with E-state index in [0.717, 1.165) is 23.9 Å². The summed E-state index contributed by atoms with van der Waals surface area (Å²) in [5.41, 5.74) is 3.18. The van der Waals surface area contributed by atoms with Crippen LogP contribution in [0.25, 0.3) is 11.0 Å². The molecule has 2 amide bonds. The Hall–Kier alpha value is -4.27. The number of alkyl halides is 1. The Balaban J connectivity index is 1.29. The number of para-hydroxylation sites is 2. The standard InChI is InChI=1S/C29H25F2N5O2/c30-20-14-25(36(15-20)26(37)16-35-17-32-22-8-4-5-9-24(22)35)29(38)34-27(19-6-2-1-3-7-19)23-13-12-21(18-10-11-18)28(31)33-23/h1-9,12-13,17-18,20,27H,10-11,14-16H2/p+1/t20-,27+/m1/s1. The molecule has 2 aliphatic rings. The first kappa shape index (κ1) is 24.1. The van der Waals surface area contributed by atoms with Crippen LogP contribution < -0.4 is 5.32 Å². The summed E-state index contributed by atoms with van der Waals surface area (Å²) in [7, 11) is 0. The second-order valence-electron chi connectivity index (χ2n) is 9.82. The second-order valence-corrected chi connectivity index (χ2v) is 9.82. The highest BCUT2D eigenvalue weighted by molar-refractivity contribution is 6.38. The van der Waals surface area contributed by atoms with Crippen molar-refractivity contribution in [2.75, 3.05) is 6.54 Å². The van der Waals surface area contributed by atoms with Crippen LogP contribution in [0.1, 0.15) is 48.0 Å². The number of halogens is 2. The monoisotopic (exact) mass is 514 g/mol. The van der Waals surface area contributed by atoms with Crippen LogP contribution in [0, 0.1) is 5.95 Å². The lowest BCUT2D eigenvalue weighted by molar-refractivity contribution is -0.446. The van der Waals surface area contributed by atoms with Gasteiger partial charge >= 0.3 is 11.8 Å². The molecule has 192 valence electrons. The van der Waals surface area contributed by atoms with Crippen molar-refractivity contribution in [3.8, 4) is 0 Å². The molecule has 1 aliphatic heterocycles. The Morgan fingerprint density at radius 3 is 2.58 bits per heavy atom. The maximum Gasteiger partial charge on any atom is 0.407 e. The minimum absolute atomic E-state index is 0.0444. The minimum atomic E-state index is -1.36. The fourth-order valence-corrected chi connectivity index (χ4v) is 5.03. The molecular weight excluding hydrogens is 488 g/mol. The van der Waals surface area contributed by atoms with E-state index in [1.54, 1.807) is 23.0 Å². The highest BCUT2D eigenvalue weighted by Gasteiger charge is 2.41. The molecule has 9 heteroatoms. The number of hydrogen-bond donors (Lipinski definition) is 1. The van der Waals surface area contributed by atoms with Gasteiger partial charge in [-0.1, -0.05) is 48.5 Å². The zero-order chi connectivity index (χ0) is 26.2. The van der Waals surface area contributed by atoms with Crippen molar-refractivity contribution < 1.29 is 22.9 Å². The quantitative estimate of drug-likeness (QED) is 0.298. The molecule has 3 heterocycles. The lowest BCUT2D eigenvalue weighted by Crippen LogP contribution is -2.40. The van der Waals surface area contributed by atoms with Gasteiger partial charge in [-0.2, -0.15) is 8.97 Å². The Kier molecular flexibility index (Phi) is 6.27. The molecule has 2 aromatic heterocycles. The second kappa shape index (κ2) is 9.89. The molecule has 1 N–H and O–H groups in total. The van der Waals surface area contributed by atoms with E-state index in [4.69, 9.17) is 0 Å². The fourth-order valence-electron chi connectivity index (χ4n) is 5.03. The molecule has 0 saturated heterocycles. The predicted octanol–water partition coefficient (Wildman–Crippen LogP) is 4.08. The number of nitrogens with one attached hydrogen (secondary N) is 1. The van der Waals surface area contributed by atoms with Gasteiger partial charge in [-0.05, 0) is 42.5 Å². The van der Waals surface area contributed by atoms with Gasteiger partial charge in [-0.15, -0.1) is 0 Å². The highest BCUT2D eigenvalue weighted by atomic mass is 19.1. The molecule has 7 nitrogen and oxygen atoms in total. The number of carbonyl (C=O) groups is 2. The molecular formula is C29H26F2N5O2+. The zero-order valence-corrected chi connectivity index (χ0v) is 20.6. The lowest BCUT2D eigenvalue weighted by Gasteiger charge is -2.19. The first-order valence-electron chi connectivity index (χ1n) is 12.7. The van der Waals surface area contributed by atoms with Crippen LogP contribution >= 0.6 is 0 Å². The van der Waals surface area contributed by atoms with Crippen molar-refractivity contribution in [2.45, 2.75) is 43.9 Å². The smallest absolute Gasteiger partial charge is 0.335 e. The Bertz CT molecular complexity index is 1560. The Morgan fingerprint density at radius 2 is 1.82 bits per heavy atom. The number of fused-ring (bicyclic) bond motifs is 1. The minimum Gasteiger partial charge on any atom is -0.335 e. The molecule has 0 unspecified atom stereocenters. The fraction of sp³-hybridized carbons (Fsp3) is 0.276. The van der Waals surface area contributed by atoms with Crippen LogP contribution in [0.3, 0.4) is 0 Å². The van der Waals surface area contributed by atoms with Gasteiger partial charge < -0.3 is 9.88 Å². The Morgan fingerprint density at radius 1 is 1.05 bits per heavy atom. The summed E-state index contributed by atoms with van der Waals surface area (Å²) in [6, 6.07) is 19.2. The number of imidazole rings is 1. The van der Waals surface area contributed by atoms with E-state index in [1.165, 1.54) is 4.58 Å². The van der Waals surface area contributed by atoms with Crippen molar-refractivity contribution in [1.29, 1.82) is 0 Å². The van der Waals surface area contributed by atoms with Crippen molar-refractivity contribution in [1.82, 2.24) is 19.9 Å². The van der Waals surface area contributed by atoms with Crippen LogP contribution in [-0.2, 0) is 16.1 Å². The number of rotatable bonds is 7. The number of aromatic nitrogens is 3. The molecule has 1 saturated carbocycles. The molecule has 2 aromatic carbocycles. The van der Waals surface area contributed by atoms with E-state index >= 15 is 0 Å². The molecule has 6 rings (SSSR count). The van der Waals surface area contributed by atoms with E-state index in [9.17, 15) is 18.4 Å². The number of pyridine rings is 1. The molecule has 0 bridgehead atoms. The van der Waals surface area contributed by atoms with Crippen molar-refractivity contribution in [3.05, 3.63) is 95.8 Å². The summed E-state index contributed by atoms with van der Waals surface area (Å²) in [6.07, 6.45) is 1.90. The van der Waals surface area contributed by atoms with Crippen LogP contribution in [-0.4, -0.2) is 49.4 Å². The molecule has 1 fully saturated rings. The van der Waals surface area contributed by atoms with Crippen LogP contribution in [0.5, 0.6) is 0 Å². The SMILES string of the molecule is O=C(N[C@@H](c1ccccc1)c1ccc(C2CC2)c(F)n1)C1=[N+](C(=O)Cn2cnc3ccccc32)C[C@H](F)C1. The molecule has 38 heavy (non-hydrogen) atoms. The van der Waals surface area contributed by atoms with Crippen molar-refractivity contribution in [2.24, 2.45) is 0 Å². The molecule has 0 radical (unpaired) electrons. The topological polar surface area (TPSA) is 79.9 Å². The maximum atomic E-state index is 14.8. The van der Waals surface area contributed by atoms with Crippen LogP contribution in [0.4, 0.5) is 8.78 Å². The van der Waals surface area contributed by atoms with Gasteiger partial charge in [0.1, 0.15) is 0 Å². The van der Waals surface area contributed by atoms with E-state index < -0.39 is 30.0 Å². The van der Waals surface area contributed by atoms with Crippen LogP contribution in [0.2, 0.25) is 0 Å². The Labute approximate surface area is 217 Å². The lowest BCUT2D eigenvalue weighted by atomic mass is 10.0. The van der Waals surface area contributed by atoms with E-state index in [0.29, 0.717) is 16.8 Å². The first-order valence-corrected chi connectivity index (χ1v) is 12.7. The van der Waals surface area contributed by atoms with Crippen molar-refractivity contribution >= 4 is 28.6 Å². The van der Waals surface area contributed by atoms with E-state index in [1.807, 2.05) is 54.6 Å². The van der Waals surface area contributed by atoms with Gasteiger partial charge in [0, 0.05) is 5.56 Å². The van der Waals surface area contributed by atoms with Crippen molar-refractivity contribution in [3.63, 3.8) is 0 Å². The summed E-state index contributed by atoms with van der Waals surface area (Å²) in [4.78, 5) is 35.2. The number of carbonyl (C=O) groups excluding carboxylic acids is 2. The van der Waals surface area contributed by atoms with Gasteiger partial charge in [0.15, 0.2) is 19.3 Å².